The summed E-state index contributed by atoms with van der Waals surface area (Å²) in [4.78, 5) is 14.7. The molecular formula is C16H29N3O. The predicted molar refractivity (Wildman–Crippen MR) is 81.1 cm³/mol. The molecule has 0 bridgehead atoms. The molecule has 0 radical (unpaired) electrons. The number of amides is 1. The van der Waals surface area contributed by atoms with Crippen molar-refractivity contribution in [1.82, 2.24) is 10.2 Å². The van der Waals surface area contributed by atoms with Gasteiger partial charge in [0.2, 0.25) is 5.91 Å². The number of hydrogen-bond donors (Lipinski definition) is 1. The Hall–Kier alpha value is -1.08. The van der Waals surface area contributed by atoms with E-state index in [0.717, 1.165) is 25.8 Å². The minimum Gasteiger partial charge on any atom is -0.353 e. The van der Waals surface area contributed by atoms with Crippen LogP contribution < -0.4 is 5.32 Å². The van der Waals surface area contributed by atoms with Crippen molar-refractivity contribution in [2.24, 2.45) is 5.41 Å². The van der Waals surface area contributed by atoms with Gasteiger partial charge in [0.1, 0.15) is 5.41 Å². The van der Waals surface area contributed by atoms with E-state index in [4.69, 9.17) is 0 Å². The molecule has 1 saturated carbocycles. The van der Waals surface area contributed by atoms with Crippen LogP contribution in [0.4, 0.5) is 0 Å². The summed E-state index contributed by atoms with van der Waals surface area (Å²) in [5.41, 5.74) is -0.765. The van der Waals surface area contributed by atoms with Crippen LogP contribution in [-0.4, -0.2) is 36.0 Å². The SMILES string of the molecule is CC(C)N(CCNC(=O)C1(C#N)CCCCC1)C(C)C. The molecule has 1 aliphatic carbocycles. The minimum atomic E-state index is -0.765. The van der Waals surface area contributed by atoms with Gasteiger partial charge in [0.05, 0.1) is 6.07 Å². The molecular weight excluding hydrogens is 250 g/mol. The summed E-state index contributed by atoms with van der Waals surface area (Å²) in [7, 11) is 0. The Labute approximate surface area is 123 Å². The molecule has 0 aromatic carbocycles. The van der Waals surface area contributed by atoms with Gasteiger partial charge in [-0.3, -0.25) is 9.69 Å². The second-order valence-electron chi connectivity index (χ2n) is 6.44. The Bertz CT molecular complexity index is 343. The first-order valence-corrected chi connectivity index (χ1v) is 7.88. The molecule has 0 aromatic rings. The van der Waals surface area contributed by atoms with Crippen LogP contribution in [0, 0.1) is 16.7 Å². The van der Waals surface area contributed by atoms with Crippen molar-refractivity contribution in [2.45, 2.75) is 71.9 Å². The third-order valence-electron chi connectivity index (χ3n) is 4.34. The van der Waals surface area contributed by atoms with Crippen LogP contribution in [-0.2, 0) is 4.79 Å². The molecule has 0 atom stereocenters. The quantitative estimate of drug-likeness (QED) is 0.813. The van der Waals surface area contributed by atoms with E-state index in [1.165, 1.54) is 0 Å². The molecule has 0 aromatic heterocycles. The molecule has 0 aliphatic heterocycles. The maximum Gasteiger partial charge on any atom is 0.240 e. The Morgan fingerprint density at radius 1 is 1.20 bits per heavy atom. The van der Waals surface area contributed by atoms with Gasteiger partial charge in [-0.2, -0.15) is 5.26 Å². The third-order valence-corrected chi connectivity index (χ3v) is 4.34. The van der Waals surface area contributed by atoms with Crippen LogP contribution in [0.1, 0.15) is 59.8 Å². The Morgan fingerprint density at radius 3 is 2.20 bits per heavy atom. The zero-order valence-electron chi connectivity index (χ0n) is 13.4. The number of nitriles is 1. The topological polar surface area (TPSA) is 56.1 Å². The number of nitrogens with zero attached hydrogens (tertiary/aromatic N) is 2. The Kier molecular flexibility index (Phi) is 6.48. The average molecular weight is 279 g/mol. The highest BCUT2D eigenvalue weighted by molar-refractivity contribution is 5.85. The van der Waals surface area contributed by atoms with Gasteiger partial charge in [-0.15, -0.1) is 0 Å². The van der Waals surface area contributed by atoms with Crippen molar-refractivity contribution in [1.29, 1.82) is 5.26 Å². The lowest BCUT2D eigenvalue weighted by Gasteiger charge is -2.32. The van der Waals surface area contributed by atoms with E-state index in [0.29, 0.717) is 31.5 Å². The largest absolute Gasteiger partial charge is 0.353 e. The highest BCUT2D eigenvalue weighted by Crippen LogP contribution is 2.35. The van der Waals surface area contributed by atoms with Gasteiger partial charge in [0.15, 0.2) is 0 Å². The number of carbonyl (C=O) groups is 1. The number of rotatable bonds is 6. The Balaban J connectivity index is 2.48. The molecule has 4 heteroatoms. The molecule has 0 unspecified atom stereocenters. The molecule has 1 rings (SSSR count). The van der Waals surface area contributed by atoms with Gasteiger partial charge in [-0.1, -0.05) is 19.3 Å². The van der Waals surface area contributed by atoms with Crippen LogP contribution in [0.15, 0.2) is 0 Å². The van der Waals surface area contributed by atoms with E-state index in [-0.39, 0.29) is 5.91 Å². The van der Waals surface area contributed by atoms with Crippen LogP contribution in [0.2, 0.25) is 0 Å². The van der Waals surface area contributed by atoms with Gasteiger partial charge in [0.25, 0.3) is 0 Å². The normalized spacial score (nSPS) is 18.3. The molecule has 4 nitrogen and oxygen atoms in total. The summed E-state index contributed by atoms with van der Waals surface area (Å²) in [6.45, 7) is 10.1. The van der Waals surface area contributed by atoms with E-state index in [2.05, 4.69) is 44.0 Å². The van der Waals surface area contributed by atoms with Gasteiger partial charge >= 0.3 is 0 Å². The molecule has 0 heterocycles. The highest BCUT2D eigenvalue weighted by Gasteiger charge is 2.39. The van der Waals surface area contributed by atoms with Crippen molar-refractivity contribution in [3.63, 3.8) is 0 Å². The van der Waals surface area contributed by atoms with Gasteiger partial charge in [0, 0.05) is 25.2 Å². The van der Waals surface area contributed by atoms with Crippen LogP contribution in [0.5, 0.6) is 0 Å². The van der Waals surface area contributed by atoms with E-state index < -0.39 is 5.41 Å². The minimum absolute atomic E-state index is 0.0628. The van der Waals surface area contributed by atoms with Crippen LogP contribution in [0.25, 0.3) is 0 Å². The van der Waals surface area contributed by atoms with E-state index >= 15 is 0 Å². The van der Waals surface area contributed by atoms with Crippen molar-refractivity contribution in [3.8, 4) is 6.07 Å². The summed E-state index contributed by atoms with van der Waals surface area (Å²) >= 11 is 0. The average Bonchev–Trinajstić information content (AvgIpc) is 2.43. The van der Waals surface area contributed by atoms with Crippen molar-refractivity contribution >= 4 is 5.91 Å². The summed E-state index contributed by atoms with van der Waals surface area (Å²) in [5, 5.41) is 12.4. The molecule has 1 N–H and O–H groups in total. The summed E-state index contributed by atoms with van der Waals surface area (Å²) < 4.78 is 0. The first-order chi connectivity index (χ1) is 9.43. The maximum absolute atomic E-state index is 12.3. The van der Waals surface area contributed by atoms with E-state index in [1.54, 1.807) is 0 Å². The lowest BCUT2D eigenvalue weighted by atomic mass is 9.74. The first kappa shape index (κ1) is 17.0. The third kappa shape index (κ3) is 4.21. The summed E-state index contributed by atoms with van der Waals surface area (Å²) in [6.07, 6.45) is 4.56. The second kappa shape index (κ2) is 7.64. The molecule has 0 saturated heterocycles. The molecule has 1 amide bonds. The summed E-state index contributed by atoms with van der Waals surface area (Å²) in [5.74, 6) is -0.0628. The number of carbonyl (C=O) groups excluding carboxylic acids is 1. The lowest BCUT2D eigenvalue weighted by molar-refractivity contribution is -0.129. The zero-order valence-corrected chi connectivity index (χ0v) is 13.4. The number of nitrogens with one attached hydrogen (secondary N) is 1. The predicted octanol–water partition coefficient (Wildman–Crippen LogP) is 2.70. The first-order valence-electron chi connectivity index (χ1n) is 7.88. The van der Waals surface area contributed by atoms with Crippen molar-refractivity contribution in [2.75, 3.05) is 13.1 Å². The highest BCUT2D eigenvalue weighted by atomic mass is 16.2. The van der Waals surface area contributed by atoms with Gasteiger partial charge in [-0.05, 0) is 40.5 Å². The van der Waals surface area contributed by atoms with Gasteiger partial charge < -0.3 is 5.32 Å². The fourth-order valence-corrected chi connectivity index (χ4v) is 3.13. The molecule has 1 fully saturated rings. The smallest absolute Gasteiger partial charge is 0.240 e. The van der Waals surface area contributed by atoms with E-state index in [1.807, 2.05) is 0 Å². The van der Waals surface area contributed by atoms with E-state index in [9.17, 15) is 10.1 Å². The van der Waals surface area contributed by atoms with Crippen molar-refractivity contribution in [3.05, 3.63) is 0 Å². The molecule has 20 heavy (non-hydrogen) atoms. The standard InChI is InChI=1S/C16H29N3O/c1-13(2)19(14(3)4)11-10-18-15(20)16(12-17)8-6-5-7-9-16/h13-14H,5-11H2,1-4H3,(H,18,20). The number of hydrogen-bond acceptors (Lipinski definition) is 3. The lowest BCUT2D eigenvalue weighted by Crippen LogP contribution is -2.46. The Morgan fingerprint density at radius 2 is 1.75 bits per heavy atom. The molecule has 0 spiro atoms. The molecule has 114 valence electrons. The van der Waals surface area contributed by atoms with Crippen LogP contribution in [0.3, 0.4) is 0 Å². The molecule has 1 aliphatic rings. The van der Waals surface area contributed by atoms with Gasteiger partial charge in [-0.25, -0.2) is 0 Å². The van der Waals surface area contributed by atoms with Crippen LogP contribution >= 0.6 is 0 Å². The summed E-state index contributed by atoms with van der Waals surface area (Å²) in [6, 6.07) is 3.20. The fraction of sp³-hybridized carbons (Fsp3) is 0.875. The fourth-order valence-electron chi connectivity index (χ4n) is 3.13. The maximum atomic E-state index is 12.3. The monoisotopic (exact) mass is 279 g/mol. The second-order valence-corrected chi connectivity index (χ2v) is 6.44. The zero-order chi connectivity index (χ0) is 15.2. The van der Waals surface area contributed by atoms with Crippen molar-refractivity contribution < 1.29 is 4.79 Å².